The Morgan fingerprint density at radius 3 is 2.66 bits per heavy atom. The van der Waals surface area contributed by atoms with Crippen molar-refractivity contribution in [2.75, 3.05) is 18.0 Å². The summed E-state index contributed by atoms with van der Waals surface area (Å²) in [4.78, 5) is 19.4. The zero-order chi connectivity index (χ0) is 19.6. The number of hydrogen-bond acceptors (Lipinski definition) is 4. The summed E-state index contributed by atoms with van der Waals surface area (Å²) in [7, 11) is 0. The molecule has 1 aliphatic heterocycles. The third-order valence-corrected chi connectivity index (χ3v) is 5.44. The molecule has 2 aromatic heterocycles. The molecular weight excluding hydrogens is 364 g/mol. The molecule has 2 aromatic carbocycles. The van der Waals surface area contributed by atoms with Crippen LogP contribution in [0.25, 0.3) is 16.8 Å². The van der Waals surface area contributed by atoms with E-state index in [1.165, 1.54) is 0 Å². The number of nitrogens with one attached hydrogen (secondary N) is 1. The van der Waals surface area contributed by atoms with Crippen molar-refractivity contribution >= 4 is 23.0 Å². The number of rotatable bonds is 5. The first-order valence-electron chi connectivity index (χ1n) is 9.92. The molecule has 1 fully saturated rings. The number of amides is 1. The van der Waals surface area contributed by atoms with Crippen LogP contribution in [0.15, 0.2) is 77.5 Å². The Morgan fingerprint density at radius 1 is 1.07 bits per heavy atom. The number of aromatic nitrogens is 2. The number of carbonyl (C=O) groups is 1. The van der Waals surface area contributed by atoms with Crippen molar-refractivity contribution in [3.8, 4) is 5.69 Å². The van der Waals surface area contributed by atoms with Gasteiger partial charge in [-0.05, 0) is 61.4 Å². The van der Waals surface area contributed by atoms with Gasteiger partial charge >= 0.3 is 0 Å². The average Bonchev–Trinajstić information content (AvgIpc) is 3.52. The quantitative estimate of drug-likeness (QED) is 0.563. The number of benzene rings is 2. The first-order valence-corrected chi connectivity index (χ1v) is 9.92. The minimum Gasteiger partial charge on any atom is -0.423 e. The SMILES string of the molecule is O=C(NCC1CCCN1c1nc2ccccc2o1)c1ccc(-n2cccc2)cc1. The maximum absolute atomic E-state index is 12.6. The van der Waals surface area contributed by atoms with E-state index < -0.39 is 0 Å². The average molecular weight is 386 g/mol. The Balaban J connectivity index is 1.24. The second-order valence-electron chi connectivity index (χ2n) is 7.30. The standard InChI is InChI=1S/C23H22N4O2/c28-22(17-9-11-18(12-10-17)26-13-3-4-14-26)24-16-19-6-5-15-27(19)23-25-20-7-1-2-8-21(20)29-23/h1-4,7-14,19H,5-6,15-16H2,(H,24,28). The lowest BCUT2D eigenvalue weighted by Crippen LogP contribution is -2.40. The molecule has 5 rings (SSSR count). The number of nitrogens with zero attached hydrogens (tertiary/aromatic N) is 3. The van der Waals surface area contributed by atoms with E-state index in [9.17, 15) is 4.79 Å². The molecule has 6 heteroatoms. The summed E-state index contributed by atoms with van der Waals surface area (Å²) in [6.45, 7) is 1.45. The lowest BCUT2D eigenvalue weighted by Gasteiger charge is -2.23. The van der Waals surface area contributed by atoms with Gasteiger partial charge in [0.2, 0.25) is 0 Å². The van der Waals surface area contributed by atoms with Crippen LogP contribution in [0.3, 0.4) is 0 Å². The molecule has 0 saturated carbocycles. The maximum Gasteiger partial charge on any atom is 0.298 e. The van der Waals surface area contributed by atoms with Crippen molar-refractivity contribution in [3.05, 3.63) is 78.6 Å². The highest BCUT2D eigenvalue weighted by Crippen LogP contribution is 2.28. The fourth-order valence-corrected chi connectivity index (χ4v) is 3.89. The maximum atomic E-state index is 12.6. The summed E-state index contributed by atoms with van der Waals surface area (Å²) < 4.78 is 7.93. The van der Waals surface area contributed by atoms with Crippen molar-refractivity contribution in [1.82, 2.24) is 14.9 Å². The van der Waals surface area contributed by atoms with Crippen molar-refractivity contribution < 1.29 is 9.21 Å². The molecule has 1 unspecified atom stereocenters. The largest absolute Gasteiger partial charge is 0.423 e. The van der Waals surface area contributed by atoms with E-state index in [4.69, 9.17) is 4.42 Å². The second kappa shape index (κ2) is 7.47. The Hall–Kier alpha value is -3.54. The summed E-state index contributed by atoms with van der Waals surface area (Å²) in [6.07, 6.45) is 6.03. The molecular formula is C23H22N4O2. The van der Waals surface area contributed by atoms with E-state index in [0.717, 1.165) is 36.2 Å². The third kappa shape index (κ3) is 3.49. The Morgan fingerprint density at radius 2 is 1.86 bits per heavy atom. The number of anilines is 1. The van der Waals surface area contributed by atoms with Crippen molar-refractivity contribution in [3.63, 3.8) is 0 Å². The van der Waals surface area contributed by atoms with Crippen molar-refractivity contribution in [2.45, 2.75) is 18.9 Å². The van der Waals surface area contributed by atoms with Crippen LogP contribution in [0.5, 0.6) is 0 Å². The molecule has 1 amide bonds. The highest BCUT2D eigenvalue weighted by Gasteiger charge is 2.28. The Bertz CT molecular complexity index is 1080. The van der Waals surface area contributed by atoms with E-state index in [2.05, 4.69) is 15.2 Å². The first-order chi connectivity index (χ1) is 14.3. The molecule has 29 heavy (non-hydrogen) atoms. The smallest absolute Gasteiger partial charge is 0.298 e. The second-order valence-corrected chi connectivity index (χ2v) is 7.30. The summed E-state index contributed by atoms with van der Waals surface area (Å²) >= 11 is 0. The van der Waals surface area contributed by atoms with E-state index >= 15 is 0 Å². The van der Waals surface area contributed by atoms with Crippen LogP contribution in [-0.2, 0) is 0 Å². The van der Waals surface area contributed by atoms with E-state index in [1.807, 2.05) is 77.6 Å². The van der Waals surface area contributed by atoms with Gasteiger partial charge in [-0.15, -0.1) is 0 Å². The lowest BCUT2D eigenvalue weighted by molar-refractivity contribution is 0.0951. The predicted octanol–water partition coefficient (Wildman–Crippen LogP) is 4.02. The molecule has 6 nitrogen and oxygen atoms in total. The summed E-state index contributed by atoms with van der Waals surface area (Å²) in [5.74, 6) is -0.0616. The van der Waals surface area contributed by atoms with Gasteiger partial charge in [0.25, 0.3) is 11.9 Å². The van der Waals surface area contributed by atoms with Crippen LogP contribution in [0, 0.1) is 0 Å². The highest BCUT2D eigenvalue weighted by molar-refractivity contribution is 5.94. The molecule has 1 aliphatic rings. The molecule has 3 heterocycles. The van der Waals surface area contributed by atoms with Crippen LogP contribution in [0.1, 0.15) is 23.2 Å². The van der Waals surface area contributed by atoms with Gasteiger partial charge in [0, 0.05) is 36.7 Å². The molecule has 4 aromatic rings. The van der Waals surface area contributed by atoms with Gasteiger partial charge in [0.15, 0.2) is 5.58 Å². The fourth-order valence-electron chi connectivity index (χ4n) is 3.89. The monoisotopic (exact) mass is 386 g/mol. The minimum absolute atomic E-state index is 0.0616. The fraction of sp³-hybridized carbons (Fsp3) is 0.217. The summed E-state index contributed by atoms with van der Waals surface area (Å²) in [5.41, 5.74) is 3.34. The van der Waals surface area contributed by atoms with Gasteiger partial charge in [-0.2, -0.15) is 4.98 Å². The predicted molar refractivity (Wildman–Crippen MR) is 112 cm³/mol. The van der Waals surface area contributed by atoms with Gasteiger partial charge in [0.05, 0.1) is 6.04 Å². The molecule has 0 bridgehead atoms. The zero-order valence-corrected chi connectivity index (χ0v) is 16.0. The van der Waals surface area contributed by atoms with E-state index in [1.54, 1.807) is 0 Å². The van der Waals surface area contributed by atoms with Crippen LogP contribution >= 0.6 is 0 Å². The lowest BCUT2D eigenvalue weighted by atomic mass is 10.1. The van der Waals surface area contributed by atoms with E-state index in [-0.39, 0.29) is 11.9 Å². The van der Waals surface area contributed by atoms with Crippen molar-refractivity contribution in [2.24, 2.45) is 0 Å². The normalized spacial score (nSPS) is 16.4. The van der Waals surface area contributed by atoms with Crippen LogP contribution in [0.2, 0.25) is 0 Å². The molecule has 1 atom stereocenters. The van der Waals surface area contributed by atoms with Crippen LogP contribution in [0.4, 0.5) is 6.01 Å². The molecule has 146 valence electrons. The van der Waals surface area contributed by atoms with Gasteiger partial charge in [-0.1, -0.05) is 12.1 Å². The Labute approximate surface area is 168 Å². The molecule has 0 spiro atoms. The number of fused-ring (bicyclic) bond motifs is 1. The summed E-state index contributed by atoms with van der Waals surface area (Å²) in [6, 6.07) is 20.2. The zero-order valence-electron chi connectivity index (χ0n) is 16.0. The summed E-state index contributed by atoms with van der Waals surface area (Å²) in [5, 5.41) is 3.07. The van der Waals surface area contributed by atoms with Gasteiger partial charge in [-0.3, -0.25) is 4.79 Å². The minimum atomic E-state index is -0.0616. The number of oxazole rings is 1. The third-order valence-electron chi connectivity index (χ3n) is 5.44. The van der Waals surface area contributed by atoms with Gasteiger partial charge in [0.1, 0.15) is 5.52 Å². The van der Waals surface area contributed by atoms with Crippen LogP contribution in [-0.4, -0.2) is 34.6 Å². The van der Waals surface area contributed by atoms with E-state index in [0.29, 0.717) is 18.1 Å². The van der Waals surface area contributed by atoms with Crippen molar-refractivity contribution in [1.29, 1.82) is 0 Å². The topological polar surface area (TPSA) is 63.3 Å². The number of hydrogen-bond donors (Lipinski definition) is 1. The molecule has 0 aliphatic carbocycles. The molecule has 1 N–H and O–H groups in total. The highest BCUT2D eigenvalue weighted by atomic mass is 16.4. The van der Waals surface area contributed by atoms with Gasteiger partial charge in [-0.25, -0.2) is 0 Å². The first kappa shape index (κ1) is 17.6. The van der Waals surface area contributed by atoms with Crippen LogP contribution < -0.4 is 10.2 Å². The van der Waals surface area contributed by atoms with Gasteiger partial charge < -0.3 is 19.2 Å². The number of para-hydroxylation sites is 2. The molecule has 1 saturated heterocycles. The Kier molecular flexibility index (Phi) is 4.52. The number of carbonyl (C=O) groups excluding carboxylic acids is 1. The molecule has 0 radical (unpaired) electrons.